The molecule has 0 aliphatic heterocycles. The molecule has 0 amide bonds. The molecule has 0 spiro atoms. The first-order chi connectivity index (χ1) is 9.08. The zero-order valence-corrected chi connectivity index (χ0v) is 12.9. The molecule has 3 heteroatoms. The highest BCUT2D eigenvalue weighted by molar-refractivity contribution is 9.10. The molecule has 0 saturated heterocycles. The first-order valence-corrected chi connectivity index (χ1v) is 7.17. The molecule has 19 heavy (non-hydrogen) atoms. The Labute approximate surface area is 123 Å². The third-order valence-corrected chi connectivity index (χ3v) is 3.65. The maximum atomic E-state index is 6.05. The molecule has 2 nitrogen and oxygen atoms in total. The maximum absolute atomic E-state index is 6.05. The van der Waals surface area contributed by atoms with Gasteiger partial charge in [0, 0.05) is 29.8 Å². The zero-order valence-electron chi connectivity index (χ0n) is 11.3. The van der Waals surface area contributed by atoms with Crippen molar-refractivity contribution in [1.82, 2.24) is 0 Å². The van der Waals surface area contributed by atoms with Gasteiger partial charge in [0.15, 0.2) is 0 Å². The van der Waals surface area contributed by atoms with Gasteiger partial charge < -0.3 is 10.6 Å². The Bertz CT molecular complexity index is 538. The van der Waals surface area contributed by atoms with Crippen molar-refractivity contribution in [3.63, 3.8) is 0 Å². The van der Waals surface area contributed by atoms with E-state index >= 15 is 0 Å². The van der Waals surface area contributed by atoms with E-state index < -0.39 is 0 Å². The van der Waals surface area contributed by atoms with Crippen LogP contribution in [0.5, 0.6) is 0 Å². The van der Waals surface area contributed by atoms with Gasteiger partial charge in [-0.25, -0.2) is 0 Å². The van der Waals surface area contributed by atoms with Gasteiger partial charge in [0.05, 0.1) is 0 Å². The van der Waals surface area contributed by atoms with E-state index in [2.05, 4.69) is 64.3 Å². The van der Waals surface area contributed by atoms with Gasteiger partial charge in [0.25, 0.3) is 0 Å². The average molecular weight is 319 g/mol. The predicted octanol–water partition coefficient (Wildman–Crippen LogP) is 4.11. The molecule has 0 bridgehead atoms. The summed E-state index contributed by atoms with van der Waals surface area (Å²) >= 11 is 3.53. The van der Waals surface area contributed by atoms with E-state index in [0.717, 1.165) is 11.0 Å². The lowest BCUT2D eigenvalue weighted by molar-refractivity contribution is 0.801. The number of halogens is 1. The first kappa shape index (κ1) is 14.1. The van der Waals surface area contributed by atoms with E-state index in [4.69, 9.17) is 5.73 Å². The predicted molar refractivity (Wildman–Crippen MR) is 85.3 cm³/mol. The van der Waals surface area contributed by atoms with E-state index in [1.165, 1.54) is 16.8 Å². The summed E-state index contributed by atoms with van der Waals surface area (Å²) in [6.45, 7) is 2.89. The molecule has 0 saturated carbocycles. The van der Waals surface area contributed by atoms with Gasteiger partial charge in [-0.2, -0.15) is 0 Å². The van der Waals surface area contributed by atoms with Crippen molar-refractivity contribution in [2.75, 3.05) is 11.9 Å². The van der Waals surface area contributed by atoms with Crippen molar-refractivity contribution in [2.45, 2.75) is 19.5 Å². The quantitative estimate of drug-likeness (QED) is 0.919. The van der Waals surface area contributed by atoms with E-state index in [0.29, 0.717) is 0 Å². The highest BCUT2D eigenvalue weighted by atomic mass is 79.9. The molecule has 2 aromatic carbocycles. The fourth-order valence-electron chi connectivity index (χ4n) is 2.17. The van der Waals surface area contributed by atoms with Crippen LogP contribution in [0, 0.1) is 0 Å². The summed E-state index contributed by atoms with van der Waals surface area (Å²) < 4.78 is 1.08. The van der Waals surface area contributed by atoms with Gasteiger partial charge in [0.2, 0.25) is 0 Å². The summed E-state index contributed by atoms with van der Waals surface area (Å²) in [5, 5.41) is 0. The molecule has 2 N–H and O–H groups in total. The van der Waals surface area contributed by atoms with Gasteiger partial charge in [0.1, 0.15) is 0 Å². The lowest BCUT2D eigenvalue weighted by Crippen LogP contribution is -2.20. The number of benzene rings is 2. The normalized spacial score (nSPS) is 12.2. The third kappa shape index (κ3) is 3.58. The second kappa shape index (κ2) is 6.22. The smallest absolute Gasteiger partial charge is 0.0426 e. The molecule has 0 aromatic heterocycles. The maximum Gasteiger partial charge on any atom is 0.0426 e. The minimum atomic E-state index is 0.0290. The van der Waals surface area contributed by atoms with E-state index in [1.807, 2.05) is 19.1 Å². The molecular formula is C16H19BrN2. The number of rotatable bonds is 4. The fourth-order valence-corrected chi connectivity index (χ4v) is 2.52. The number of nitrogens with two attached hydrogens (primary N) is 1. The van der Waals surface area contributed by atoms with Crippen LogP contribution < -0.4 is 10.6 Å². The average Bonchev–Trinajstić information content (AvgIpc) is 2.39. The van der Waals surface area contributed by atoms with Crippen LogP contribution in [0.4, 0.5) is 5.69 Å². The Morgan fingerprint density at radius 2 is 1.84 bits per heavy atom. The minimum Gasteiger partial charge on any atom is -0.370 e. The molecule has 0 aliphatic rings. The van der Waals surface area contributed by atoms with Gasteiger partial charge in [-0.3, -0.25) is 0 Å². The van der Waals surface area contributed by atoms with Crippen LogP contribution in [0.25, 0.3) is 0 Å². The second-order valence-corrected chi connectivity index (χ2v) is 5.75. The van der Waals surface area contributed by atoms with Crippen LogP contribution in [-0.2, 0) is 6.54 Å². The topological polar surface area (TPSA) is 29.3 Å². The molecule has 0 radical (unpaired) electrons. The van der Waals surface area contributed by atoms with Gasteiger partial charge in [-0.1, -0.05) is 52.3 Å². The number of hydrogen-bond donors (Lipinski definition) is 1. The number of nitrogens with zero attached hydrogens (tertiary/aromatic N) is 1. The largest absolute Gasteiger partial charge is 0.370 e. The standard InChI is InChI=1S/C16H19BrN2/c1-12(18)15-9-8-14(17)10-16(15)19(2)11-13-6-4-3-5-7-13/h3-10,12H,11,18H2,1-2H3. The first-order valence-electron chi connectivity index (χ1n) is 6.38. The highest BCUT2D eigenvalue weighted by Gasteiger charge is 2.11. The fraction of sp³-hybridized carbons (Fsp3) is 0.250. The van der Waals surface area contributed by atoms with E-state index in [-0.39, 0.29) is 6.04 Å². The highest BCUT2D eigenvalue weighted by Crippen LogP contribution is 2.29. The Morgan fingerprint density at radius 3 is 2.47 bits per heavy atom. The van der Waals surface area contributed by atoms with Crippen LogP contribution >= 0.6 is 15.9 Å². The van der Waals surface area contributed by atoms with Crippen molar-refractivity contribution in [1.29, 1.82) is 0 Å². The molecule has 1 unspecified atom stereocenters. The number of hydrogen-bond acceptors (Lipinski definition) is 2. The number of anilines is 1. The van der Waals surface area contributed by atoms with E-state index in [1.54, 1.807) is 0 Å². The molecule has 2 aromatic rings. The molecule has 0 aliphatic carbocycles. The second-order valence-electron chi connectivity index (χ2n) is 4.83. The van der Waals surface area contributed by atoms with Crippen molar-refractivity contribution in [2.24, 2.45) is 5.73 Å². The summed E-state index contributed by atoms with van der Waals surface area (Å²) in [4.78, 5) is 2.23. The summed E-state index contributed by atoms with van der Waals surface area (Å²) in [6, 6.07) is 16.7. The van der Waals surface area contributed by atoms with Gasteiger partial charge >= 0.3 is 0 Å². The summed E-state index contributed by atoms with van der Waals surface area (Å²) in [6.07, 6.45) is 0. The SMILES string of the molecule is CC(N)c1ccc(Br)cc1N(C)Cc1ccccc1. The Kier molecular flexibility index (Phi) is 4.61. The lowest BCUT2D eigenvalue weighted by Gasteiger charge is -2.24. The minimum absolute atomic E-state index is 0.0290. The van der Waals surface area contributed by atoms with Crippen LogP contribution in [0.15, 0.2) is 53.0 Å². The Hall–Kier alpha value is -1.32. The van der Waals surface area contributed by atoms with E-state index in [9.17, 15) is 0 Å². The monoisotopic (exact) mass is 318 g/mol. The lowest BCUT2D eigenvalue weighted by atomic mass is 10.1. The van der Waals surface area contributed by atoms with Crippen LogP contribution in [0.1, 0.15) is 24.1 Å². The van der Waals surface area contributed by atoms with Gasteiger partial charge in [-0.15, -0.1) is 0 Å². The van der Waals surface area contributed by atoms with Crippen LogP contribution in [-0.4, -0.2) is 7.05 Å². The molecule has 0 fully saturated rings. The van der Waals surface area contributed by atoms with Crippen molar-refractivity contribution in [3.8, 4) is 0 Å². The van der Waals surface area contributed by atoms with Crippen LogP contribution in [0.2, 0.25) is 0 Å². The van der Waals surface area contributed by atoms with Crippen molar-refractivity contribution >= 4 is 21.6 Å². The Morgan fingerprint density at radius 1 is 1.16 bits per heavy atom. The van der Waals surface area contributed by atoms with Crippen LogP contribution in [0.3, 0.4) is 0 Å². The zero-order chi connectivity index (χ0) is 13.8. The molecule has 1 atom stereocenters. The molecule has 100 valence electrons. The van der Waals surface area contributed by atoms with Crippen molar-refractivity contribution < 1.29 is 0 Å². The summed E-state index contributed by atoms with van der Waals surface area (Å²) in [5.74, 6) is 0. The Balaban J connectivity index is 2.27. The molecule has 0 heterocycles. The summed E-state index contributed by atoms with van der Waals surface area (Å²) in [5.41, 5.74) is 9.69. The third-order valence-electron chi connectivity index (χ3n) is 3.16. The summed E-state index contributed by atoms with van der Waals surface area (Å²) in [7, 11) is 2.10. The molecule has 2 rings (SSSR count). The van der Waals surface area contributed by atoms with Gasteiger partial charge in [-0.05, 0) is 30.2 Å². The van der Waals surface area contributed by atoms with Crippen molar-refractivity contribution in [3.05, 3.63) is 64.1 Å². The molecular weight excluding hydrogens is 300 g/mol.